The molecule has 0 bridgehead atoms. The first-order chi connectivity index (χ1) is 10.1. The van der Waals surface area contributed by atoms with E-state index in [0.717, 1.165) is 24.7 Å². The van der Waals surface area contributed by atoms with Gasteiger partial charge in [-0.3, -0.25) is 4.57 Å². The molecule has 1 aromatic carbocycles. The van der Waals surface area contributed by atoms with Crippen molar-refractivity contribution in [2.45, 2.75) is 13.0 Å². The van der Waals surface area contributed by atoms with Crippen LogP contribution in [0.5, 0.6) is 0 Å². The molecule has 0 spiro atoms. The third kappa shape index (κ3) is 2.61. The number of para-hydroxylation sites is 1. The highest BCUT2D eigenvalue weighted by atomic mass is 32.1. The van der Waals surface area contributed by atoms with Crippen molar-refractivity contribution in [2.75, 3.05) is 32.1 Å². The fraction of sp³-hybridized carbons (Fsp3) is 0.467. The van der Waals surface area contributed by atoms with Crippen LogP contribution in [0.1, 0.15) is 6.92 Å². The molecule has 0 aliphatic carbocycles. The Morgan fingerprint density at radius 1 is 1.24 bits per heavy atom. The van der Waals surface area contributed by atoms with E-state index in [1.54, 1.807) is 0 Å². The highest BCUT2D eigenvalue weighted by molar-refractivity contribution is 7.71. The molecule has 1 aliphatic heterocycles. The third-order valence-electron chi connectivity index (χ3n) is 4.19. The number of aromatic nitrogens is 3. The predicted molar refractivity (Wildman–Crippen MR) is 87.6 cm³/mol. The van der Waals surface area contributed by atoms with Crippen molar-refractivity contribution in [3.05, 3.63) is 35.1 Å². The van der Waals surface area contributed by atoms with Crippen LogP contribution in [0.15, 0.2) is 30.3 Å². The van der Waals surface area contributed by atoms with Crippen LogP contribution < -0.4 is 4.90 Å². The van der Waals surface area contributed by atoms with E-state index in [0.29, 0.717) is 16.7 Å². The summed E-state index contributed by atoms with van der Waals surface area (Å²) in [4.78, 5) is 4.60. The minimum absolute atomic E-state index is 0.541. The zero-order valence-electron chi connectivity index (χ0n) is 12.7. The van der Waals surface area contributed by atoms with Gasteiger partial charge in [-0.05, 0) is 44.4 Å². The number of hydrogen-bond donors (Lipinski definition) is 1. The van der Waals surface area contributed by atoms with Crippen molar-refractivity contribution in [3.63, 3.8) is 0 Å². The van der Waals surface area contributed by atoms with Gasteiger partial charge in [0, 0.05) is 19.1 Å². The van der Waals surface area contributed by atoms with Gasteiger partial charge in [0.2, 0.25) is 10.7 Å². The number of hydrogen-bond acceptors (Lipinski definition) is 4. The standard InChI is InChI=1S/C15H21N5S/c1-11-9-19(10-13(11)18(2)3)14-16-17-15(21)20(14)12-7-5-4-6-8-12/h4-8,11,13H,9-10H2,1-3H3,(H,17,21). The zero-order valence-corrected chi connectivity index (χ0v) is 13.5. The predicted octanol–water partition coefficient (Wildman–Crippen LogP) is 2.32. The Bertz CT molecular complexity index is 660. The Hall–Kier alpha value is -1.66. The molecule has 0 amide bonds. The average Bonchev–Trinajstić information content (AvgIpc) is 3.03. The minimum atomic E-state index is 0.541. The first-order valence-electron chi connectivity index (χ1n) is 7.22. The SMILES string of the molecule is CC1CN(c2n[nH]c(=S)n2-c2ccccc2)CC1N(C)C. The monoisotopic (exact) mass is 303 g/mol. The molecule has 1 aliphatic rings. The highest BCUT2D eigenvalue weighted by Gasteiger charge is 2.33. The van der Waals surface area contributed by atoms with Gasteiger partial charge < -0.3 is 9.80 Å². The molecule has 6 heteroatoms. The first kappa shape index (κ1) is 14.3. The molecule has 2 aromatic rings. The van der Waals surface area contributed by atoms with Crippen molar-refractivity contribution in [2.24, 2.45) is 5.92 Å². The third-order valence-corrected chi connectivity index (χ3v) is 4.46. The maximum absolute atomic E-state index is 5.41. The van der Waals surface area contributed by atoms with Crippen molar-refractivity contribution in [3.8, 4) is 5.69 Å². The topological polar surface area (TPSA) is 40.1 Å². The molecule has 0 radical (unpaired) electrons. The van der Waals surface area contributed by atoms with Crippen molar-refractivity contribution >= 4 is 18.2 Å². The fourth-order valence-electron chi connectivity index (χ4n) is 3.10. The summed E-state index contributed by atoms with van der Waals surface area (Å²) < 4.78 is 2.65. The van der Waals surface area contributed by atoms with E-state index >= 15 is 0 Å². The van der Waals surface area contributed by atoms with Crippen molar-refractivity contribution in [1.29, 1.82) is 0 Å². The van der Waals surface area contributed by atoms with Gasteiger partial charge >= 0.3 is 0 Å². The lowest BCUT2D eigenvalue weighted by molar-refractivity contribution is 0.266. The Morgan fingerprint density at radius 3 is 2.57 bits per heavy atom. The first-order valence-corrected chi connectivity index (χ1v) is 7.63. The molecule has 2 heterocycles. The second kappa shape index (κ2) is 5.61. The van der Waals surface area contributed by atoms with Gasteiger partial charge in [-0.25, -0.2) is 5.10 Å². The van der Waals surface area contributed by atoms with Gasteiger partial charge in [0.15, 0.2) is 0 Å². The summed E-state index contributed by atoms with van der Waals surface area (Å²) in [6.45, 7) is 4.26. The lowest BCUT2D eigenvalue weighted by Gasteiger charge is -2.22. The van der Waals surface area contributed by atoms with Crippen LogP contribution in [0.2, 0.25) is 0 Å². The Balaban J connectivity index is 1.97. The van der Waals surface area contributed by atoms with Crippen molar-refractivity contribution in [1.82, 2.24) is 19.7 Å². The second-order valence-electron chi connectivity index (χ2n) is 5.91. The molecule has 2 atom stereocenters. The molecule has 3 rings (SSSR count). The minimum Gasteiger partial charge on any atom is -0.339 e. The number of benzene rings is 1. The molecule has 21 heavy (non-hydrogen) atoms. The smallest absolute Gasteiger partial charge is 0.230 e. The summed E-state index contributed by atoms with van der Waals surface area (Å²) in [5.74, 6) is 1.51. The van der Waals surface area contributed by atoms with E-state index < -0.39 is 0 Å². The molecule has 1 fully saturated rings. The van der Waals surface area contributed by atoms with E-state index in [1.165, 1.54) is 0 Å². The maximum Gasteiger partial charge on any atom is 0.230 e. The number of anilines is 1. The van der Waals surface area contributed by atoms with Gasteiger partial charge in [0.05, 0.1) is 5.69 Å². The second-order valence-corrected chi connectivity index (χ2v) is 6.30. The number of nitrogens with one attached hydrogen (secondary N) is 1. The lowest BCUT2D eigenvalue weighted by Crippen LogP contribution is -2.34. The number of likely N-dealkylation sites (N-methyl/N-ethyl adjacent to an activating group) is 1. The van der Waals surface area contributed by atoms with Crippen LogP contribution >= 0.6 is 12.2 Å². The van der Waals surface area contributed by atoms with E-state index in [4.69, 9.17) is 12.2 Å². The fourth-order valence-corrected chi connectivity index (χ4v) is 3.33. The summed E-state index contributed by atoms with van der Waals surface area (Å²) >= 11 is 5.41. The lowest BCUT2D eigenvalue weighted by atomic mass is 10.1. The number of rotatable bonds is 3. The molecule has 2 unspecified atom stereocenters. The van der Waals surface area contributed by atoms with Gasteiger partial charge in [0.1, 0.15) is 0 Å². The number of aromatic amines is 1. The van der Waals surface area contributed by atoms with Crippen LogP contribution in [0.3, 0.4) is 0 Å². The van der Waals surface area contributed by atoms with Gasteiger partial charge in [-0.15, -0.1) is 5.10 Å². The average molecular weight is 303 g/mol. The van der Waals surface area contributed by atoms with E-state index in [9.17, 15) is 0 Å². The number of nitrogens with zero attached hydrogens (tertiary/aromatic N) is 4. The van der Waals surface area contributed by atoms with Crippen LogP contribution in [0.25, 0.3) is 5.69 Å². The van der Waals surface area contributed by atoms with E-state index in [1.807, 2.05) is 22.8 Å². The summed E-state index contributed by atoms with van der Waals surface area (Å²) in [6.07, 6.45) is 0. The van der Waals surface area contributed by atoms with E-state index in [2.05, 4.69) is 53.1 Å². The molecular weight excluding hydrogens is 282 g/mol. The van der Waals surface area contributed by atoms with Crippen LogP contribution in [-0.2, 0) is 0 Å². The van der Waals surface area contributed by atoms with Crippen LogP contribution in [0.4, 0.5) is 5.95 Å². The largest absolute Gasteiger partial charge is 0.339 e. The Kier molecular flexibility index (Phi) is 3.82. The number of H-pyrrole nitrogens is 1. The van der Waals surface area contributed by atoms with Gasteiger partial charge in [-0.2, -0.15) is 0 Å². The molecule has 1 saturated heterocycles. The zero-order chi connectivity index (χ0) is 15.0. The summed E-state index contributed by atoms with van der Waals surface area (Å²) in [6, 6.07) is 10.7. The van der Waals surface area contributed by atoms with Crippen LogP contribution in [-0.4, -0.2) is 52.9 Å². The molecule has 5 nitrogen and oxygen atoms in total. The molecule has 1 N–H and O–H groups in total. The Morgan fingerprint density at radius 2 is 1.95 bits per heavy atom. The molecular formula is C15H21N5S. The van der Waals surface area contributed by atoms with E-state index in [-0.39, 0.29) is 0 Å². The van der Waals surface area contributed by atoms with Crippen LogP contribution in [0, 0.1) is 10.7 Å². The van der Waals surface area contributed by atoms with Gasteiger partial charge in [0.25, 0.3) is 0 Å². The summed E-state index contributed by atoms with van der Waals surface area (Å²) in [5.41, 5.74) is 1.05. The summed E-state index contributed by atoms with van der Waals surface area (Å²) in [7, 11) is 4.28. The van der Waals surface area contributed by atoms with Gasteiger partial charge in [-0.1, -0.05) is 25.1 Å². The Labute approximate surface area is 130 Å². The maximum atomic E-state index is 5.41. The molecule has 112 valence electrons. The summed E-state index contributed by atoms with van der Waals surface area (Å²) in [5, 5.41) is 7.39. The highest BCUT2D eigenvalue weighted by Crippen LogP contribution is 2.26. The quantitative estimate of drug-likeness (QED) is 0.884. The molecule has 0 saturated carbocycles. The molecule has 1 aromatic heterocycles. The normalized spacial score (nSPS) is 22.2. The van der Waals surface area contributed by atoms with Crippen molar-refractivity contribution < 1.29 is 0 Å².